The van der Waals surface area contributed by atoms with Crippen molar-refractivity contribution >= 4 is 11.6 Å². The summed E-state index contributed by atoms with van der Waals surface area (Å²) in [5, 5.41) is 0. The molecule has 0 spiro atoms. The number of hydrogen-bond donors (Lipinski definition) is 0. The molecule has 1 nitrogen and oxygen atoms in total. The zero-order valence-corrected chi connectivity index (χ0v) is 9.85. The summed E-state index contributed by atoms with van der Waals surface area (Å²) in [6.07, 6.45) is 0. The molecule has 0 heterocycles. The minimum atomic E-state index is -0.707. The van der Waals surface area contributed by atoms with Gasteiger partial charge in [-0.2, -0.15) is 0 Å². The Balaban J connectivity index is 2.36. The van der Waals surface area contributed by atoms with E-state index < -0.39 is 17.5 Å². The topological polar surface area (TPSA) is 9.23 Å². The second-order valence-corrected chi connectivity index (χ2v) is 3.83. The Morgan fingerprint density at radius 1 is 0.889 bits per heavy atom. The van der Waals surface area contributed by atoms with Gasteiger partial charge in [-0.15, -0.1) is 11.6 Å². The molecule has 0 N–H and O–H groups in total. The molecule has 0 bridgehead atoms. The van der Waals surface area contributed by atoms with E-state index >= 15 is 0 Å². The third kappa shape index (κ3) is 2.76. The van der Waals surface area contributed by atoms with Crippen molar-refractivity contribution in [2.75, 3.05) is 0 Å². The Hall–Kier alpha value is -1.68. The third-order valence-electron chi connectivity index (χ3n) is 2.28. The van der Waals surface area contributed by atoms with E-state index in [2.05, 4.69) is 0 Å². The fraction of sp³-hybridized carbons (Fsp3) is 0.0769. The number of hydrogen-bond acceptors (Lipinski definition) is 1. The predicted octanol–water partition coefficient (Wildman–Crippen LogP) is 4.64. The minimum absolute atomic E-state index is 0.00400. The second-order valence-electron chi connectivity index (χ2n) is 3.56. The second kappa shape index (κ2) is 5.31. The maximum atomic E-state index is 13.4. The van der Waals surface area contributed by atoms with Crippen LogP contribution in [0.1, 0.15) is 5.56 Å². The summed E-state index contributed by atoms with van der Waals surface area (Å²) in [6.45, 7) is 0. The summed E-state index contributed by atoms with van der Waals surface area (Å²) >= 11 is 5.63. The smallest absolute Gasteiger partial charge is 0.165 e. The quantitative estimate of drug-likeness (QED) is 0.740. The molecule has 0 fully saturated rings. The highest BCUT2D eigenvalue weighted by Gasteiger charge is 2.10. The van der Waals surface area contributed by atoms with Gasteiger partial charge in [0, 0.05) is 11.6 Å². The number of benzene rings is 2. The van der Waals surface area contributed by atoms with E-state index in [-0.39, 0.29) is 17.4 Å². The van der Waals surface area contributed by atoms with Gasteiger partial charge in [0.05, 0.1) is 5.88 Å². The maximum Gasteiger partial charge on any atom is 0.165 e. The first kappa shape index (κ1) is 12.8. The molecule has 0 aliphatic carbocycles. The van der Waals surface area contributed by atoms with Crippen LogP contribution < -0.4 is 4.74 Å². The molecule has 0 saturated carbocycles. The van der Waals surface area contributed by atoms with Crippen LogP contribution in [-0.4, -0.2) is 0 Å². The van der Waals surface area contributed by atoms with Crippen molar-refractivity contribution in [2.45, 2.75) is 5.88 Å². The van der Waals surface area contributed by atoms with E-state index in [1.165, 1.54) is 12.1 Å². The Kier molecular flexibility index (Phi) is 3.77. The largest absolute Gasteiger partial charge is 0.454 e. The van der Waals surface area contributed by atoms with Crippen LogP contribution in [0.25, 0.3) is 0 Å². The van der Waals surface area contributed by atoms with E-state index in [4.69, 9.17) is 16.3 Å². The minimum Gasteiger partial charge on any atom is -0.454 e. The number of halogens is 4. The SMILES string of the molecule is Fc1ccc(Oc2cc(F)ccc2F)c(CCl)c1. The molecule has 0 amide bonds. The zero-order chi connectivity index (χ0) is 13.1. The van der Waals surface area contributed by atoms with Crippen molar-refractivity contribution in [2.24, 2.45) is 0 Å². The Labute approximate surface area is 107 Å². The summed E-state index contributed by atoms with van der Waals surface area (Å²) in [4.78, 5) is 0. The molecule has 0 aromatic heterocycles. The molecule has 18 heavy (non-hydrogen) atoms. The van der Waals surface area contributed by atoms with Gasteiger partial charge in [-0.3, -0.25) is 0 Å². The van der Waals surface area contributed by atoms with Crippen LogP contribution in [-0.2, 0) is 5.88 Å². The van der Waals surface area contributed by atoms with Gasteiger partial charge in [0.2, 0.25) is 0 Å². The molecule has 2 aromatic carbocycles. The van der Waals surface area contributed by atoms with Gasteiger partial charge in [0.25, 0.3) is 0 Å². The van der Waals surface area contributed by atoms with Gasteiger partial charge in [-0.25, -0.2) is 13.2 Å². The lowest BCUT2D eigenvalue weighted by atomic mass is 10.2. The fourth-order valence-corrected chi connectivity index (χ4v) is 1.63. The third-order valence-corrected chi connectivity index (χ3v) is 2.57. The van der Waals surface area contributed by atoms with Crippen molar-refractivity contribution in [3.05, 3.63) is 59.4 Å². The first-order valence-corrected chi connectivity index (χ1v) is 5.61. The summed E-state index contributed by atoms with van der Waals surface area (Å²) < 4.78 is 44.5. The standard InChI is InChI=1S/C13H8ClF3O/c14-7-8-5-9(15)2-4-12(8)18-13-6-10(16)1-3-11(13)17/h1-6H,7H2. The summed E-state index contributed by atoms with van der Waals surface area (Å²) in [6, 6.07) is 6.50. The van der Waals surface area contributed by atoms with E-state index in [1.54, 1.807) is 0 Å². The van der Waals surface area contributed by atoms with Crippen LogP contribution in [0.4, 0.5) is 13.2 Å². The molecule has 0 radical (unpaired) electrons. The molecule has 0 aliphatic heterocycles. The van der Waals surface area contributed by atoms with Crippen LogP contribution in [0.2, 0.25) is 0 Å². The van der Waals surface area contributed by atoms with E-state index in [1.807, 2.05) is 0 Å². The van der Waals surface area contributed by atoms with Crippen molar-refractivity contribution in [3.8, 4) is 11.5 Å². The van der Waals surface area contributed by atoms with Crippen molar-refractivity contribution < 1.29 is 17.9 Å². The lowest BCUT2D eigenvalue weighted by Gasteiger charge is -2.10. The molecule has 5 heteroatoms. The Bertz CT molecular complexity index is 572. The van der Waals surface area contributed by atoms with Crippen molar-refractivity contribution in [3.63, 3.8) is 0 Å². The average Bonchev–Trinajstić information content (AvgIpc) is 2.36. The molecule has 0 atom stereocenters. The highest BCUT2D eigenvalue weighted by Crippen LogP contribution is 2.29. The summed E-state index contributed by atoms with van der Waals surface area (Å²) in [7, 11) is 0. The van der Waals surface area contributed by atoms with Crippen LogP contribution in [0.3, 0.4) is 0 Å². The van der Waals surface area contributed by atoms with Crippen LogP contribution in [0.5, 0.6) is 11.5 Å². The molecule has 0 aliphatic rings. The van der Waals surface area contributed by atoms with Gasteiger partial charge >= 0.3 is 0 Å². The first-order chi connectivity index (χ1) is 8.60. The monoisotopic (exact) mass is 272 g/mol. The molecular formula is C13H8ClF3O. The predicted molar refractivity (Wildman–Crippen MR) is 62.4 cm³/mol. The number of ether oxygens (including phenoxy) is 1. The Morgan fingerprint density at radius 3 is 2.28 bits per heavy atom. The van der Waals surface area contributed by atoms with Crippen LogP contribution >= 0.6 is 11.6 Å². The van der Waals surface area contributed by atoms with Crippen molar-refractivity contribution in [1.82, 2.24) is 0 Å². The van der Waals surface area contributed by atoms with Crippen LogP contribution in [0, 0.1) is 17.5 Å². The molecule has 94 valence electrons. The van der Waals surface area contributed by atoms with Gasteiger partial charge in [-0.1, -0.05) is 0 Å². The molecule has 0 saturated heterocycles. The molecular weight excluding hydrogens is 265 g/mol. The molecule has 2 rings (SSSR count). The highest BCUT2D eigenvalue weighted by molar-refractivity contribution is 6.17. The van der Waals surface area contributed by atoms with Gasteiger partial charge in [-0.05, 0) is 30.3 Å². The average molecular weight is 273 g/mol. The normalized spacial score (nSPS) is 10.4. The Morgan fingerprint density at radius 2 is 1.56 bits per heavy atom. The lowest BCUT2D eigenvalue weighted by molar-refractivity contribution is 0.432. The van der Waals surface area contributed by atoms with E-state index in [0.717, 1.165) is 24.3 Å². The van der Waals surface area contributed by atoms with Gasteiger partial charge < -0.3 is 4.74 Å². The highest BCUT2D eigenvalue weighted by atomic mass is 35.5. The first-order valence-electron chi connectivity index (χ1n) is 5.07. The number of alkyl halides is 1. The fourth-order valence-electron chi connectivity index (χ4n) is 1.43. The van der Waals surface area contributed by atoms with Crippen molar-refractivity contribution in [1.29, 1.82) is 0 Å². The maximum absolute atomic E-state index is 13.4. The van der Waals surface area contributed by atoms with Crippen LogP contribution in [0.15, 0.2) is 36.4 Å². The molecule has 0 unspecified atom stereocenters. The van der Waals surface area contributed by atoms with E-state index in [9.17, 15) is 13.2 Å². The summed E-state index contributed by atoms with van der Waals surface area (Å²) in [5.74, 6) is -1.88. The number of rotatable bonds is 3. The zero-order valence-electron chi connectivity index (χ0n) is 9.09. The lowest BCUT2D eigenvalue weighted by Crippen LogP contribution is -1.93. The molecule has 2 aromatic rings. The van der Waals surface area contributed by atoms with E-state index in [0.29, 0.717) is 5.56 Å². The van der Waals surface area contributed by atoms with Gasteiger partial charge in [0.15, 0.2) is 11.6 Å². The summed E-state index contributed by atoms with van der Waals surface area (Å²) in [5.41, 5.74) is 0.361. The van der Waals surface area contributed by atoms with Gasteiger partial charge in [0.1, 0.15) is 17.4 Å².